The van der Waals surface area contributed by atoms with Crippen LogP contribution in [0.15, 0.2) is 109 Å². The minimum Gasteiger partial charge on any atom is -0.398 e. The van der Waals surface area contributed by atoms with Gasteiger partial charge in [-0.05, 0) is 36.4 Å². The summed E-state index contributed by atoms with van der Waals surface area (Å²) in [6.07, 6.45) is 0. The fourth-order valence-corrected chi connectivity index (χ4v) is 3.22. The number of nitrogens with two attached hydrogens (primary N) is 1. The standard InChI is InChI=1S/C24H20N2/c25-23-17-9-7-15-21(23)22-16-8-10-18-24(22)26(19-11-3-1-4-12-19)20-13-5-2-6-14-20/h1-18H,25H2. The molecule has 4 aromatic carbocycles. The number of benzene rings is 4. The van der Waals surface area contributed by atoms with Crippen LogP contribution in [-0.2, 0) is 0 Å². The molecule has 4 rings (SSSR count). The molecule has 0 saturated carbocycles. The van der Waals surface area contributed by atoms with Gasteiger partial charge in [0, 0.05) is 28.2 Å². The third-order valence-electron chi connectivity index (χ3n) is 4.42. The summed E-state index contributed by atoms with van der Waals surface area (Å²) in [5, 5.41) is 0. The van der Waals surface area contributed by atoms with Gasteiger partial charge in [0.15, 0.2) is 0 Å². The molecule has 0 bridgehead atoms. The summed E-state index contributed by atoms with van der Waals surface area (Å²) in [5.74, 6) is 0. The van der Waals surface area contributed by atoms with E-state index < -0.39 is 0 Å². The summed E-state index contributed by atoms with van der Waals surface area (Å²) in [5.41, 5.74) is 12.5. The number of hydrogen-bond acceptors (Lipinski definition) is 2. The molecule has 0 aliphatic rings. The van der Waals surface area contributed by atoms with E-state index in [9.17, 15) is 0 Å². The van der Waals surface area contributed by atoms with Crippen LogP contribution < -0.4 is 10.6 Å². The highest BCUT2D eigenvalue weighted by atomic mass is 15.1. The van der Waals surface area contributed by atoms with Crippen molar-refractivity contribution in [2.45, 2.75) is 0 Å². The molecule has 0 unspecified atom stereocenters. The van der Waals surface area contributed by atoms with Crippen LogP contribution in [0.1, 0.15) is 0 Å². The van der Waals surface area contributed by atoms with E-state index in [1.807, 2.05) is 30.3 Å². The van der Waals surface area contributed by atoms with Crippen molar-refractivity contribution >= 4 is 22.7 Å². The molecular formula is C24H20N2. The lowest BCUT2D eigenvalue weighted by atomic mass is 10.0. The van der Waals surface area contributed by atoms with Gasteiger partial charge in [0.25, 0.3) is 0 Å². The first kappa shape index (κ1) is 16.0. The summed E-state index contributed by atoms with van der Waals surface area (Å²) in [6, 6.07) is 37.2. The van der Waals surface area contributed by atoms with Crippen LogP contribution in [0, 0.1) is 0 Å². The number of rotatable bonds is 4. The Hall–Kier alpha value is -3.52. The van der Waals surface area contributed by atoms with Gasteiger partial charge in [-0.3, -0.25) is 0 Å². The Kier molecular flexibility index (Phi) is 4.40. The molecule has 0 atom stereocenters. The third kappa shape index (κ3) is 3.05. The molecule has 0 aliphatic carbocycles. The molecule has 0 aliphatic heterocycles. The molecule has 0 spiro atoms. The minimum absolute atomic E-state index is 0.779. The first-order chi connectivity index (χ1) is 12.8. The lowest BCUT2D eigenvalue weighted by Crippen LogP contribution is -2.11. The van der Waals surface area contributed by atoms with E-state index in [4.69, 9.17) is 5.73 Å². The summed E-state index contributed by atoms with van der Waals surface area (Å²) in [6.45, 7) is 0. The second kappa shape index (κ2) is 7.16. The molecule has 126 valence electrons. The molecular weight excluding hydrogens is 316 g/mol. The Morgan fingerprint density at radius 1 is 0.462 bits per heavy atom. The highest BCUT2D eigenvalue weighted by molar-refractivity contribution is 5.91. The Balaban J connectivity index is 1.95. The Morgan fingerprint density at radius 2 is 0.923 bits per heavy atom. The molecule has 2 N–H and O–H groups in total. The van der Waals surface area contributed by atoms with Gasteiger partial charge in [-0.2, -0.15) is 0 Å². The van der Waals surface area contributed by atoms with Crippen molar-refractivity contribution in [2.24, 2.45) is 0 Å². The number of nitrogens with zero attached hydrogens (tertiary/aromatic N) is 1. The van der Waals surface area contributed by atoms with Crippen LogP contribution in [0.2, 0.25) is 0 Å². The first-order valence-electron chi connectivity index (χ1n) is 8.69. The average Bonchev–Trinajstić information content (AvgIpc) is 2.71. The highest BCUT2D eigenvalue weighted by Gasteiger charge is 2.17. The summed E-state index contributed by atoms with van der Waals surface area (Å²) in [4.78, 5) is 2.27. The third-order valence-corrected chi connectivity index (χ3v) is 4.42. The van der Waals surface area contributed by atoms with Crippen molar-refractivity contribution in [3.63, 3.8) is 0 Å². The van der Waals surface area contributed by atoms with Gasteiger partial charge in [0.05, 0.1) is 5.69 Å². The molecule has 2 heteroatoms. The van der Waals surface area contributed by atoms with Crippen molar-refractivity contribution in [2.75, 3.05) is 10.6 Å². The van der Waals surface area contributed by atoms with E-state index in [1.54, 1.807) is 0 Å². The van der Waals surface area contributed by atoms with Gasteiger partial charge in [-0.1, -0.05) is 72.8 Å². The summed E-state index contributed by atoms with van der Waals surface area (Å²) < 4.78 is 0. The van der Waals surface area contributed by atoms with Gasteiger partial charge >= 0.3 is 0 Å². The smallest absolute Gasteiger partial charge is 0.0540 e. The fourth-order valence-electron chi connectivity index (χ4n) is 3.22. The SMILES string of the molecule is Nc1ccccc1-c1ccccc1N(c1ccccc1)c1ccccc1. The normalized spacial score (nSPS) is 10.5. The van der Waals surface area contributed by atoms with Crippen molar-refractivity contribution in [3.8, 4) is 11.1 Å². The van der Waals surface area contributed by atoms with Crippen LogP contribution in [0.25, 0.3) is 11.1 Å². The zero-order chi connectivity index (χ0) is 17.8. The molecule has 26 heavy (non-hydrogen) atoms. The molecule has 0 aromatic heterocycles. The lowest BCUT2D eigenvalue weighted by molar-refractivity contribution is 1.28. The molecule has 2 nitrogen and oxygen atoms in total. The maximum atomic E-state index is 6.28. The monoisotopic (exact) mass is 336 g/mol. The van der Waals surface area contributed by atoms with E-state index in [-0.39, 0.29) is 0 Å². The zero-order valence-corrected chi connectivity index (χ0v) is 14.4. The largest absolute Gasteiger partial charge is 0.398 e. The number of para-hydroxylation sites is 4. The quantitative estimate of drug-likeness (QED) is 0.437. The number of nitrogen functional groups attached to an aromatic ring is 1. The van der Waals surface area contributed by atoms with E-state index in [1.165, 1.54) is 0 Å². The molecule has 0 saturated heterocycles. The first-order valence-corrected chi connectivity index (χ1v) is 8.69. The van der Waals surface area contributed by atoms with Gasteiger partial charge in [0.2, 0.25) is 0 Å². The van der Waals surface area contributed by atoms with Gasteiger partial charge in [-0.25, -0.2) is 0 Å². The maximum absolute atomic E-state index is 6.28. The Morgan fingerprint density at radius 3 is 1.50 bits per heavy atom. The van der Waals surface area contributed by atoms with Crippen molar-refractivity contribution in [3.05, 3.63) is 109 Å². The number of hydrogen-bond donors (Lipinski definition) is 1. The van der Waals surface area contributed by atoms with Gasteiger partial charge in [-0.15, -0.1) is 0 Å². The molecule has 0 radical (unpaired) electrons. The predicted molar refractivity (Wildman–Crippen MR) is 111 cm³/mol. The van der Waals surface area contributed by atoms with Crippen molar-refractivity contribution < 1.29 is 0 Å². The van der Waals surface area contributed by atoms with Crippen LogP contribution in [0.3, 0.4) is 0 Å². The van der Waals surface area contributed by atoms with Gasteiger partial charge in [0.1, 0.15) is 0 Å². The minimum atomic E-state index is 0.779. The lowest BCUT2D eigenvalue weighted by Gasteiger charge is -2.28. The van der Waals surface area contributed by atoms with E-state index in [2.05, 4.69) is 83.8 Å². The predicted octanol–water partition coefficient (Wildman–Crippen LogP) is 6.41. The summed E-state index contributed by atoms with van der Waals surface area (Å²) >= 11 is 0. The highest BCUT2D eigenvalue weighted by Crippen LogP contribution is 2.41. The molecule has 0 fully saturated rings. The Bertz CT molecular complexity index is 955. The Labute approximate surface area is 154 Å². The average molecular weight is 336 g/mol. The maximum Gasteiger partial charge on any atom is 0.0540 e. The number of anilines is 4. The van der Waals surface area contributed by atoms with E-state index in [0.29, 0.717) is 0 Å². The van der Waals surface area contributed by atoms with Crippen LogP contribution in [0.4, 0.5) is 22.7 Å². The molecule has 0 heterocycles. The van der Waals surface area contributed by atoms with E-state index in [0.717, 1.165) is 33.9 Å². The summed E-state index contributed by atoms with van der Waals surface area (Å²) in [7, 11) is 0. The van der Waals surface area contributed by atoms with Crippen LogP contribution in [0.5, 0.6) is 0 Å². The van der Waals surface area contributed by atoms with Gasteiger partial charge < -0.3 is 10.6 Å². The van der Waals surface area contributed by atoms with Crippen LogP contribution in [-0.4, -0.2) is 0 Å². The molecule has 4 aromatic rings. The zero-order valence-electron chi connectivity index (χ0n) is 14.4. The van der Waals surface area contributed by atoms with E-state index >= 15 is 0 Å². The molecule has 0 amide bonds. The topological polar surface area (TPSA) is 29.3 Å². The van der Waals surface area contributed by atoms with Crippen molar-refractivity contribution in [1.29, 1.82) is 0 Å². The second-order valence-electron chi connectivity index (χ2n) is 6.11. The van der Waals surface area contributed by atoms with Crippen molar-refractivity contribution in [1.82, 2.24) is 0 Å². The van der Waals surface area contributed by atoms with Crippen LogP contribution >= 0.6 is 0 Å². The fraction of sp³-hybridized carbons (Fsp3) is 0. The second-order valence-corrected chi connectivity index (χ2v) is 6.11.